The quantitative estimate of drug-likeness (QED) is 0.585. The van der Waals surface area contributed by atoms with Gasteiger partial charge in [-0.15, -0.1) is 0 Å². The highest BCUT2D eigenvalue weighted by molar-refractivity contribution is 5.56. The first kappa shape index (κ1) is 12.4. The number of nitrogens with zero attached hydrogens (tertiary/aromatic N) is 2. The van der Waals surface area contributed by atoms with E-state index in [2.05, 4.69) is 10.3 Å². The minimum absolute atomic E-state index is 0.0718. The Kier molecular flexibility index (Phi) is 4.19. The molecule has 0 aliphatic rings. The molecule has 0 amide bonds. The van der Waals surface area contributed by atoms with E-state index in [1.54, 1.807) is 13.0 Å². The van der Waals surface area contributed by atoms with Crippen LogP contribution in [0, 0.1) is 17.0 Å². The number of aryl methyl sites for hydroxylation is 1. The van der Waals surface area contributed by atoms with Gasteiger partial charge in [0, 0.05) is 11.8 Å². The van der Waals surface area contributed by atoms with E-state index >= 15 is 0 Å². The zero-order valence-electron chi connectivity index (χ0n) is 9.30. The second kappa shape index (κ2) is 5.41. The van der Waals surface area contributed by atoms with Crippen LogP contribution in [0.1, 0.15) is 19.0 Å². The number of aliphatic hydroxyl groups is 1. The molecule has 0 aromatic carbocycles. The fraction of sp³-hybridized carbons (Fsp3) is 0.500. The number of hydrogen-bond donors (Lipinski definition) is 2. The summed E-state index contributed by atoms with van der Waals surface area (Å²) < 4.78 is 0. The second-order valence-corrected chi connectivity index (χ2v) is 3.51. The Hall–Kier alpha value is -1.69. The first-order valence-corrected chi connectivity index (χ1v) is 5.08. The van der Waals surface area contributed by atoms with Crippen LogP contribution >= 0.6 is 0 Å². The molecule has 0 aliphatic heterocycles. The highest BCUT2D eigenvalue weighted by Gasteiger charge is 2.17. The van der Waals surface area contributed by atoms with E-state index in [-0.39, 0.29) is 24.2 Å². The molecule has 0 spiro atoms. The van der Waals surface area contributed by atoms with Gasteiger partial charge in [-0.2, -0.15) is 0 Å². The monoisotopic (exact) mass is 225 g/mol. The van der Waals surface area contributed by atoms with Crippen molar-refractivity contribution in [3.8, 4) is 0 Å². The standard InChI is InChI=1S/C10H15N3O3/c1-3-8(6-14)12-10-9(13(15)16)5-4-7(2)11-10/h4-5,8,14H,3,6H2,1-2H3,(H,11,12). The molecule has 2 N–H and O–H groups in total. The van der Waals surface area contributed by atoms with Crippen LogP contribution in [-0.4, -0.2) is 27.7 Å². The molecule has 0 radical (unpaired) electrons. The van der Waals surface area contributed by atoms with Crippen molar-refractivity contribution in [3.63, 3.8) is 0 Å². The third kappa shape index (κ3) is 2.90. The molecule has 16 heavy (non-hydrogen) atoms. The largest absolute Gasteiger partial charge is 0.394 e. The smallest absolute Gasteiger partial charge is 0.311 e. The lowest BCUT2D eigenvalue weighted by atomic mass is 10.2. The van der Waals surface area contributed by atoms with Crippen LogP contribution < -0.4 is 5.32 Å². The van der Waals surface area contributed by atoms with Crippen LogP contribution in [0.15, 0.2) is 12.1 Å². The minimum atomic E-state index is -0.487. The second-order valence-electron chi connectivity index (χ2n) is 3.51. The molecule has 0 aliphatic carbocycles. The van der Waals surface area contributed by atoms with Gasteiger partial charge in [-0.05, 0) is 19.4 Å². The summed E-state index contributed by atoms with van der Waals surface area (Å²) in [6, 6.07) is 2.78. The van der Waals surface area contributed by atoms with Gasteiger partial charge in [0.2, 0.25) is 5.82 Å². The normalized spacial score (nSPS) is 12.2. The van der Waals surface area contributed by atoms with Gasteiger partial charge < -0.3 is 10.4 Å². The topological polar surface area (TPSA) is 88.3 Å². The number of hydrogen-bond acceptors (Lipinski definition) is 5. The zero-order valence-corrected chi connectivity index (χ0v) is 9.30. The minimum Gasteiger partial charge on any atom is -0.394 e. The highest BCUT2D eigenvalue weighted by Crippen LogP contribution is 2.22. The number of nitro groups is 1. The molecule has 1 aromatic rings. The van der Waals surface area contributed by atoms with Crippen molar-refractivity contribution in [2.24, 2.45) is 0 Å². The van der Waals surface area contributed by atoms with Crippen molar-refractivity contribution in [2.45, 2.75) is 26.3 Å². The fourth-order valence-electron chi connectivity index (χ4n) is 1.27. The molecule has 1 rings (SSSR count). The number of aromatic nitrogens is 1. The Bertz CT molecular complexity index is 378. The third-order valence-corrected chi connectivity index (χ3v) is 2.26. The molecule has 0 saturated carbocycles. The van der Waals surface area contributed by atoms with Crippen LogP contribution in [-0.2, 0) is 0 Å². The zero-order chi connectivity index (χ0) is 12.1. The van der Waals surface area contributed by atoms with Gasteiger partial charge in [0.25, 0.3) is 0 Å². The Labute approximate surface area is 93.5 Å². The maximum absolute atomic E-state index is 10.8. The number of nitrogens with one attached hydrogen (secondary N) is 1. The van der Waals surface area contributed by atoms with Crippen molar-refractivity contribution in [1.82, 2.24) is 4.98 Å². The van der Waals surface area contributed by atoms with Gasteiger partial charge in [0.15, 0.2) is 0 Å². The van der Waals surface area contributed by atoms with Crippen LogP contribution in [0.4, 0.5) is 11.5 Å². The molecule has 1 atom stereocenters. The molecule has 1 aromatic heterocycles. The van der Waals surface area contributed by atoms with E-state index in [4.69, 9.17) is 5.11 Å². The summed E-state index contributed by atoms with van der Waals surface area (Å²) in [5.41, 5.74) is 0.624. The Balaban J connectivity index is 3.00. The van der Waals surface area contributed by atoms with Gasteiger partial charge >= 0.3 is 5.69 Å². The summed E-state index contributed by atoms with van der Waals surface area (Å²) in [4.78, 5) is 14.3. The predicted octanol–water partition coefficient (Wildman–Crippen LogP) is 1.48. The van der Waals surface area contributed by atoms with Crippen LogP contribution in [0.2, 0.25) is 0 Å². The van der Waals surface area contributed by atoms with Gasteiger partial charge in [-0.25, -0.2) is 4.98 Å². The fourth-order valence-corrected chi connectivity index (χ4v) is 1.27. The third-order valence-electron chi connectivity index (χ3n) is 2.26. The first-order valence-electron chi connectivity index (χ1n) is 5.08. The number of anilines is 1. The average molecular weight is 225 g/mol. The summed E-state index contributed by atoms with van der Waals surface area (Å²) in [6.07, 6.45) is 0.670. The van der Waals surface area contributed by atoms with Crippen LogP contribution in [0.3, 0.4) is 0 Å². The lowest BCUT2D eigenvalue weighted by Gasteiger charge is -2.14. The highest BCUT2D eigenvalue weighted by atomic mass is 16.6. The molecule has 6 nitrogen and oxygen atoms in total. The Morgan fingerprint density at radius 1 is 1.62 bits per heavy atom. The summed E-state index contributed by atoms with van der Waals surface area (Å²) >= 11 is 0. The van der Waals surface area contributed by atoms with E-state index < -0.39 is 4.92 Å². The molecule has 6 heteroatoms. The van der Waals surface area contributed by atoms with E-state index in [9.17, 15) is 10.1 Å². The molecule has 0 fully saturated rings. The molecular weight excluding hydrogens is 210 g/mol. The van der Waals surface area contributed by atoms with Crippen molar-refractivity contribution in [1.29, 1.82) is 0 Å². The lowest BCUT2D eigenvalue weighted by molar-refractivity contribution is -0.384. The van der Waals surface area contributed by atoms with Crippen molar-refractivity contribution >= 4 is 11.5 Å². The summed E-state index contributed by atoms with van der Waals surface area (Å²) in [6.45, 7) is 3.56. The first-order chi connectivity index (χ1) is 7.58. The van der Waals surface area contributed by atoms with Crippen LogP contribution in [0.5, 0.6) is 0 Å². The molecular formula is C10H15N3O3. The van der Waals surface area contributed by atoms with Crippen molar-refractivity contribution in [3.05, 3.63) is 27.9 Å². The summed E-state index contributed by atoms with van der Waals surface area (Å²) in [7, 11) is 0. The average Bonchev–Trinajstić information content (AvgIpc) is 2.25. The molecule has 1 heterocycles. The SMILES string of the molecule is CCC(CO)Nc1nc(C)ccc1[N+](=O)[O-]. The molecule has 0 bridgehead atoms. The maximum atomic E-state index is 10.8. The maximum Gasteiger partial charge on any atom is 0.311 e. The Morgan fingerprint density at radius 2 is 2.31 bits per heavy atom. The number of rotatable bonds is 5. The van der Waals surface area contributed by atoms with Gasteiger partial charge in [0.1, 0.15) is 0 Å². The van der Waals surface area contributed by atoms with E-state index in [1.807, 2.05) is 6.92 Å². The molecule has 0 saturated heterocycles. The predicted molar refractivity (Wildman–Crippen MR) is 60.4 cm³/mol. The van der Waals surface area contributed by atoms with Gasteiger partial charge in [0.05, 0.1) is 17.6 Å². The van der Waals surface area contributed by atoms with E-state index in [0.717, 1.165) is 0 Å². The van der Waals surface area contributed by atoms with E-state index in [0.29, 0.717) is 12.1 Å². The number of pyridine rings is 1. The van der Waals surface area contributed by atoms with Gasteiger partial charge in [-0.1, -0.05) is 6.92 Å². The lowest BCUT2D eigenvalue weighted by Crippen LogP contribution is -2.23. The number of aliphatic hydroxyl groups excluding tert-OH is 1. The van der Waals surface area contributed by atoms with Crippen molar-refractivity contribution in [2.75, 3.05) is 11.9 Å². The summed E-state index contributed by atoms with van der Waals surface area (Å²) in [5.74, 6) is 0.214. The molecule has 88 valence electrons. The van der Waals surface area contributed by atoms with Crippen LogP contribution in [0.25, 0.3) is 0 Å². The Morgan fingerprint density at radius 3 is 2.81 bits per heavy atom. The van der Waals surface area contributed by atoms with Gasteiger partial charge in [-0.3, -0.25) is 10.1 Å². The van der Waals surface area contributed by atoms with Crippen molar-refractivity contribution < 1.29 is 10.0 Å². The summed E-state index contributed by atoms with van der Waals surface area (Å²) in [5, 5.41) is 22.6. The molecule has 1 unspecified atom stereocenters. The van der Waals surface area contributed by atoms with E-state index in [1.165, 1.54) is 6.07 Å².